The molecule has 0 spiro atoms. The molecule has 2 rings (SSSR count). The molecule has 0 radical (unpaired) electrons. The van der Waals surface area contributed by atoms with Crippen LogP contribution in [0.5, 0.6) is 0 Å². The Labute approximate surface area is 155 Å². The van der Waals surface area contributed by atoms with Crippen LogP contribution in [0.2, 0.25) is 0 Å². The van der Waals surface area contributed by atoms with Gasteiger partial charge in [0.2, 0.25) is 0 Å². The van der Waals surface area contributed by atoms with Crippen LogP contribution in [-0.4, -0.2) is 0 Å². The Morgan fingerprint density at radius 1 is 0.480 bits per heavy atom. The lowest BCUT2D eigenvalue weighted by Gasteiger charge is -2.24. The molecule has 0 saturated carbocycles. The maximum Gasteiger partial charge on any atom is -0.00144 e. The van der Waals surface area contributed by atoms with Gasteiger partial charge in [-0.2, -0.15) is 0 Å². The van der Waals surface area contributed by atoms with E-state index in [9.17, 15) is 0 Å². The molecule has 0 fully saturated rings. The van der Waals surface area contributed by atoms with Crippen molar-refractivity contribution >= 4 is 0 Å². The molecule has 136 valence electrons. The number of rotatable bonds is 6. The van der Waals surface area contributed by atoms with E-state index < -0.39 is 0 Å². The van der Waals surface area contributed by atoms with E-state index in [1.54, 1.807) is 11.1 Å². The van der Waals surface area contributed by atoms with Gasteiger partial charge in [0, 0.05) is 0 Å². The van der Waals surface area contributed by atoms with Gasteiger partial charge in [0.05, 0.1) is 0 Å². The molecule has 0 aliphatic rings. The topological polar surface area (TPSA) is 0 Å². The van der Waals surface area contributed by atoms with Gasteiger partial charge >= 0.3 is 0 Å². The SMILES string of the molecule is CC(C)c1cccc(C(C)C)c1Cc1c(C(C)C)cccc1C(C)C. The van der Waals surface area contributed by atoms with Crippen molar-refractivity contribution < 1.29 is 0 Å². The molecule has 0 heterocycles. The Balaban J connectivity index is 2.68. The summed E-state index contributed by atoms with van der Waals surface area (Å²) in [6, 6.07) is 13.8. The maximum atomic E-state index is 2.33. The zero-order valence-corrected chi connectivity index (χ0v) is 17.5. The van der Waals surface area contributed by atoms with Crippen molar-refractivity contribution in [3.63, 3.8) is 0 Å². The molecule has 0 unspecified atom stereocenters. The van der Waals surface area contributed by atoms with Gasteiger partial charge in [0.1, 0.15) is 0 Å². The zero-order chi connectivity index (χ0) is 18.7. The summed E-state index contributed by atoms with van der Waals surface area (Å²) in [4.78, 5) is 0. The van der Waals surface area contributed by atoms with Gasteiger partial charge < -0.3 is 0 Å². The van der Waals surface area contributed by atoms with Crippen LogP contribution in [0.1, 0.15) is 112 Å². The lowest BCUT2D eigenvalue weighted by Crippen LogP contribution is -2.09. The summed E-state index contributed by atoms with van der Waals surface area (Å²) in [5.41, 5.74) is 9.17. The molecule has 0 aliphatic heterocycles. The van der Waals surface area contributed by atoms with Gasteiger partial charge in [0.15, 0.2) is 0 Å². The number of hydrogen-bond acceptors (Lipinski definition) is 0. The summed E-state index contributed by atoms with van der Waals surface area (Å²) in [6.45, 7) is 18.6. The van der Waals surface area contributed by atoms with Gasteiger partial charge in [0.25, 0.3) is 0 Å². The van der Waals surface area contributed by atoms with Gasteiger partial charge in [-0.3, -0.25) is 0 Å². The Morgan fingerprint density at radius 3 is 0.920 bits per heavy atom. The fraction of sp³-hybridized carbons (Fsp3) is 0.520. The van der Waals surface area contributed by atoms with E-state index in [4.69, 9.17) is 0 Å². The Bertz CT molecular complexity index is 588. The number of benzene rings is 2. The van der Waals surface area contributed by atoms with Crippen LogP contribution in [0.25, 0.3) is 0 Å². The second-order valence-corrected chi connectivity index (χ2v) is 8.63. The van der Waals surface area contributed by atoms with E-state index >= 15 is 0 Å². The summed E-state index contributed by atoms with van der Waals surface area (Å²) in [6.07, 6.45) is 1.06. The standard InChI is InChI=1S/C25H36/c1-16(2)20-11-9-12-21(17(3)4)24(20)15-25-22(18(5)6)13-10-14-23(25)19(7)8/h9-14,16-19H,15H2,1-8H3. The minimum absolute atomic E-state index is 0.558. The summed E-state index contributed by atoms with van der Waals surface area (Å²) < 4.78 is 0. The fourth-order valence-electron chi connectivity index (χ4n) is 4.00. The smallest absolute Gasteiger partial charge is 0.00144 e. The minimum atomic E-state index is 0.558. The fourth-order valence-corrected chi connectivity index (χ4v) is 4.00. The van der Waals surface area contributed by atoms with Crippen molar-refractivity contribution in [3.8, 4) is 0 Å². The highest BCUT2D eigenvalue weighted by atomic mass is 14.2. The van der Waals surface area contributed by atoms with Crippen LogP contribution < -0.4 is 0 Å². The summed E-state index contributed by atoms with van der Waals surface area (Å²) in [7, 11) is 0. The third kappa shape index (κ3) is 4.35. The third-order valence-corrected chi connectivity index (χ3v) is 5.34. The van der Waals surface area contributed by atoms with E-state index in [-0.39, 0.29) is 0 Å². The molecule has 0 bridgehead atoms. The van der Waals surface area contributed by atoms with Crippen LogP contribution in [0, 0.1) is 0 Å². The minimum Gasteiger partial charge on any atom is -0.0617 e. The molecule has 0 N–H and O–H groups in total. The van der Waals surface area contributed by atoms with Gasteiger partial charge in [-0.15, -0.1) is 0 Å². The predicted molar refractivity (Wildman–Crippen MR) is 112 cm³/mol. The van der Waals surface area contributed by atoms with Gasteiger partial charge in [-0.1, -0.05) is 91.8 Å². The Hall–Kier alpha value is -1.56. The molecule has 0 aromatic heterocycles. The Kier molecular flexibility index (Phi) is 6.49. The number of hydrogen-bond donors (Lipinski definition) is 0. The van der Waals surface area contributed by atoms with Gasteiger partial charge in [-0.05, 0) is 63.5 Å². The Morgan fingerprint density at radius 2 is 0.720 bits per heavy atom. The highest BCUT2D eigenvalue weighted by molar-refractivity contribution is 5.47. The van der Waals surface area contributed by atoms with Crippen molar-refractivity contribution in [1.82, 2.24) is 0 Å². The van der Waals surface area contributed by atoms with Crippen LogP contribution in [-0.2, 0) is 6.42 Å². The molecular weight excluding hydrogens is 300 g/mol. The summed E-state index contributed by atoms with van der Waals surface area (Å²) in [5.74, 6) is 2.23. The molecule has 0 heteroatoms. The predicted octanol–water partition coefficient (Wildman–Crippen LogP) is 7.77. The van der Waals surface area contributed by atoms with Gasteiger partial charge in [-0.25, -0.2) is 0 Å². The third-order valence-electron chi connectivity index (χ3n) is 5.34. The van der Waals surface area contributed by atoms with Crippen molar-refractivity contribution in [1.29, 1.82) is 0 Å². The maximum absolute atomic E-state index is 2.33. The molecular formula is C25H36. The zero-order valence-electron chi connectivity index (χ0n) is 17.5. The van der Waals surface area contributed by atoms with Crippen LogP contribution >= 0.6 is 0 Å². The molecule has 0 nitrogen and oxygen atoms in total. The first kappa shape index (κ1) is 19.8. The summed E-state index contributed by atoms with van der Waals surface area (Å²) in [5, 5.41) is 0. The largest absolute Gasteiger partial charge is 0.0617 e. The molecule has 2 aromatic carbocycles. The van der Waals surface area contributed by atoms with Crippen LogP contribution in [0.4, 0.5) is 0 Å². The summed E-state index contributed by atoms with van der Waals surface area (Å²) >= 11 is 0. The van der Waals surface area contributed by atoms with E-state index in [2.05, 4.69) is 91.8 Å². The van der Waals surface area contributed by atoms with Crippen molar-refractivity contribution in [3.05, 3.63) is 69.8 Å². The molecule has 0 aliphatic carbocycles. The van der Waals surface area contributed by atoms with E-state index in [0.717, 1.165) is 6.42 Å². The van der Waals surface area contributed by atoms with Crippen molar-refractivity contribution in [2.24, 2.45) is 0 Å². The molecule has 0 atom stereocenters. The van der Waals surface area contributed by atoms with Crippen molar-refractivity contribution in [2.45, 2.75) is 85.5 Å². The van der Waals surface area contributed by atoms with E-state index in [0.29, 0.717) is 23.7 Å². The van der Waals surface area contributed by atoms with E-state index in [1.165, 1.54) is 22.3 Å². The van der Waals surface area contributed by atoms with Crippen LogP contribution in [0.3, 0.4) is 0 Å². The molecule has 0 saturated heterocycles. The van der Waals surface area contributed by atoms with Crippen LogP contribution in [0.15, 0.2) is 36.4 Å². The highest BCUT2D eigenvalue weighted by Gasteiger charge is 2.19. The second kappa shape index (κ2) is 8.21. The quantitative estimate of drug-likeness (QED) is 0.505. The van der Waals surface area contributed by atoms with E-state index in [1.807, 2.05) is 0 Å². The molecule has 25 heavy (non-hydrogen) atoms. The average Bonchev–Trinajstić information content (AvgIpc) is 2.54. The highest BCUT2D eigenvalue weighted by Crippen LogP contribution is 2.34. The molecule has 0 amide bonds. The lowest BCUT2D eigenvalue weighted by molar-refractivity contribution is 0.780. The lowest BCUT2D eigenvalue weighted by atomic mass is 9.80. The second-order valence-electron chi connectivity index (χ2n) is 8.63. The van der Waals surface area contributed by atoms with Crippen molar-refractivity contribution in [2.75, 3.05) is 0 Å². The average molecular weight is 337 g/mol. The monoisotopic (exact) mass is 336 g/mol. The first-order chi connectivity index (χ1) is 11.7. The molecule has 2 aromatic rings. The first-order valence-electron chi connectivity index (χ1n) is 9.97. The normalized spacial score (nSPS) is 12.0. The first-order valence-corrected chi connectivity index (χ1v) is 9.97.